The lowest BCUT2D eigenvalue weighted by atomic mass is 9.96. The van der Waals surface area contributed by atoms with E-state index < -0.39 is 0 Å². The van der Waals surface area contributed by atoms with E-state index >= 15 is 0 Å². The second-order valence-electron chi connectivity index (χ2n) is 5.18. The molecule has 2 aromatic rings. The van der Waals surface area contributed by atoms with Crippen molar-refractivity contribution in [3.8, 4) is 11.8 Å². The van der Waals surface area contributed by atoms with Crippen molar-refractivity contribution in [2.24, 2.45) is 4.99 Å². The van der Waals surface area contributed by atoms with Gasteiger partial charge >= 0.3 is 0 Å². The van der Waals surface area contributed by atoms with Crippen LogP contribution in [-0.2, 0) is 12.8 Å². The lowest BCUT2D eigenvalue weighted by Crippen LogP contribution is -1.99. The zero-order valence-electron chi connectivity index (χ0n) is 11.9. The van der Waals surface area contributed by atoms with Gasteiger partial charge in [0, 0.05) is 21.1 Å². The maximum absolute atomic E-state index is 10.0. The second-order valence-corrected chi connectivity index (χ2v) is 8.76. The molecule has 118 valence electrons. The average molecular weight is 519 g/mol. The molecule has 0 amide bonds. The van der Waals surface area contributed by atoms with Crippen LogP contribution >= 0.6 is 59.1 Å². The van der Waals surface area contributed by atoms with Crippen molar-refractivity contribution in [3.05, 3.63) is 41.1 Å². The summed E-state index contributed by atoms with van der Waals surface area (Å²) in [5.41, 5.74) is 2.61. The Bertz CT molecular complexity index is 852. The van der Waals surface area contributed by atoms with Crippen LogP contribution in [0.15, 0.2) is 24.5 Å². The Morgan fingerprint density at radius 2 is 1.96 bits per heavy atom. The molecule has 1 aromatic heterocycles. The Labute approximate surface area is 163 Å². The van der Waals surface area contributed by atoms with Crippen LogP contribution in [0.1, 0.15) is 34.4 Å². The molecule has 23 heavy (non-hydrogen) atoms. The monoisotopic (exact) mass is 516 g/mol. The number of phenolic OH excluding ortho intramolecular Hbond substituents is 1. The minimum absolute atomic E-state index is 0.126. The summed E-state index contributed by atoms with van der Waals surface area (Å²) in [4.78, 5) is 5.82. The molecular weight excluding hydrogens is 508 g/mol. The molecule has 3 nitrogen and oxygen atoms in total. The summed E-state index contributed by atoms with van der Waals surface area (Å²) in [7, 11) is 0. The highest BCUT2D eigenvalue weighted by Gasteiger charge is 2.20. The number of rotatable bonds is 2. The molecule has 0 spiro atoms. The van der Waals surface area contributed by atoms with Gasteiger partial charge < -0.3 is 5.11 Å². The molecule has 0 bridgehead atoms. The van der Waals surface area contributed by atoms with Crippen LogP contribution in [0.5, 0.6) is 5.75 Å². The Morgan fingerprint density at radius 3 is 2.70 bits per heavy atom. The van der Waals surface area contributed by atoms with Gasteiger partial charge in [-0.15, -0.1) is 11.3 Å². The first kappa shape index (κ1) is 17.2. The van der Waals surface area contributed by atoms with Crippen LogP contribution in [0.4, 0.5) is 5.00 Å². The number of nitrogens with zero attached hydrogens (tertiary/aromatic N) is 2. The van der Waals surface area contributed by atoms with Crippen molar-refractivity contribution in [1.82, 2.24) is 0 Å². The van der Waals surface area contributed by atoms with Gasteiger partial charge in [-0.2, -0.15) is 5.26 Å². The molecule has 7 heteroatoms. The van der Waals surface area contributed by atoms with Gasteiger partial charge in [0.15, 0.2) is 0 Å². The molecular formula is C16H11Br3N2OS. The third-order valence-corrected chi connectivity index (χ3v) is 7.02. The Hall–Kier alpha value is -0.680. The molecule has 0 saturated carbocycles. The fourth-order valence-electron chi connectivity index (χ4n) is 2.59. The van der Waals surface area contributed by atoms with Gasteiger partial charge in [-0.1, -0.05) is 15.9 Å². The van der Waals surface area contributed by atoms with Gasteiger partial charge in [0.1, 0.15) is 16.8 Å². The number of aromatic hydroxyl groups is 1. The zero-order chi connectivity index (χ0) is 16.6. The van der Waals surface area contributed by atoms with Crippen molar-refractivity contribution in [3.63, 3.8) is 0 Å². The van der Waals surface area contributed by atoms with Gasteiger partial charge in [0.25, 0.3) is 0 Å². The molecule has 1 heterocycles. The molecule has 0 saturated heterocycles. The zero-order valence-corrected chi connectivity index (χ0v) is 17.4. The molecule has 1 aromatic carbocycles. The number of aryl methyl sites for hydroxylation is 1. The summed E-state index contributed by atoms with van der Waals surface area (Å²) < 4.78 is 1.96. The third kappa shape index (κ3) is 3.27. The predicted octanol–water partition coefficient (Wildman–Crippen LogP) is 6.24. The topological polar surface area (TPSA) is 56.4 Å². The van der Waals surface area contributed by atoms with Crippen molar-refractivity contribution in [2.75, 3.05) is 0 Å². The largest absolute Gasteiger partial charge is 0.506 e. The van der Waals surface area contributed by atoms with Crippen LogP contribution < -0.4 is 0 Å². The molecule has 0 fully saturated rings. The molecule has 1 aliphatic carbocycles. The normalized spacial score (nSPS) is 14.0. The van der Waals surface area contributed by atoms with E-state index in [9.17, 15) is 10.4 Å². The Balaban J connectivity index is 2.04. The van der Waals surface area contributed by atoms with E-state index in [1.807, 2.05) is 0 Å². The Kier molecular flexibility index (Phi) is 5.26. The highest BCUT2D eigenvalue weighted by atomic mass is 79.9. The first-order chi connectivity index (χ1) is 11.0. The van der Waals surface area contributed by atoms with Crippen LogP contribution in [0.3, 0.4) is 0 Å². The molecule has 3 rings (SSSR count). The van der Waals surface area contributed by atoms with E-state index in [0.717, 1.165) is 34.3 Å². The number of thiophene rings is 1. The van der Waals surface area contributed by atoms with E-state index in [0.29, 0.717) is 14.5 Å². The number of benzene rings is 1. The van der Waals surface area contributed by atoms with Crippen molar-refractivity contribution >= 4 is 70.3 Å². The van der Waals surface area contributed by atoms with Crippen LogP contribution in [0.2, 0.25) is 0 Å². The van der Waals surface area contributed by atoms with Crippen LogP contribution in [0, 0.1) is 11.3 Å². The number of hydrogen-bond acceptors (Lipinski definition) is 4. The second kappa shape index (κ2) is 7.06. The first-order valence-electron chi connectivity index (χ1n) is 6.98. The summed E-state index contributed by atoms with van der Waals surface area (Å²) in [5, 5.41) is 20.2. The lowest BCUT2D eigenvalue weighted by Gasteiger charge is -2.09. The number of hydrogen-bond donors (Lipinski definition) is 1. The van der Waals surface area contributed by atoms with E-state index in [2.05, 4.69) is 58.9 Å². The van der Waals surface area contributed by atoms with Crippen molar-refractivity contribution < 1.29 is 5.11 Å². The van der Waals surface area contributed by atoms with Gasteiger partial charge in [-0.3, -0.25) is 0 Å². The summed E-state index contributed by atoms with van der Waals surface area (Å²) >= 11 is 11.8. The van der Waals surface area contributed by atoms with E-state index in [-0.39, 0.29) is 5.75 Å². The van der Waals surface area contributed by atoms with Crippen molar-refractivity contribution in [2.45, 2.75) is 25.7 Å². The number of nitriles is 1. The molecule has 0 aliphatic heterocycles. The maximum atomic E-state index is 10.0. The highest BCUT2D eigenvalue weighted by Crippen LogP contribution is 2.41. The lowest BCUT2D eigenvalue weighted by molar-refractivity contribution is 0.468. The summed E-state index contributed by atoms with van der Waals surface area (Å²) in [6.45, 7) is 0. The standard InChI is InChI=1S/C16H11Br3N2OS/c17-11-5-12(18)15(22)14(19)10(11)7-21-16-9(6-20)8-3-1-2-4-13(8)23-16/h5,7,22H,1-4H2/b21-7+. The number of halogens is 3. The molecule has 1 N–H and O–H groups in total. The summed E-state index contributed by atoms with van der Waals surface area (Å²) in [6, 6.07) is 4.08. The molecule has 1 aliphatic rings. The maximum Gasteiger partial charge on any atom is 0.144 e. The van der Waals surface area contributed by atoms with Gasteiger partial charge in [-0.05, 0) is 69.2 Å². The number of aliphatic imine (C=N–C) groups is 1. The molecule has 0 atom stereocenters. The third-order valence-electron chi connectivity index (χ3n) is 3.76. The predicted molar refractivity (Wildman–Crippen MR) is 104 cm³/mol. The van der Waals surface area contributed by atoms with Gasteiger partial charge in [0.2, 0.25) is 0 Å². The first-order valence-corrected chi connectivity index (χ1v) is 10.2. The summed E-state index contributed by atoms with van der Waals surface area (Å²) in [5.74, 6) is 0.126. The van der Waals surface area contributed by atoms with E-state index in [1.54, 1.807) is 23.6 Å². The van der Waals surface area contributed by atoms with Crippen LogP contribution in [0.25, 0.3) is 0 Å². The summed E-state index contributed by atoms with van der Waals surface area (Å²) in [6.07, 6.45) is 6.00. The molecule has 0 radical (unpaired) electrons. The smallest absolute Gasteiger partial charge is 0.144 e. The van der Waals surface area contributed by atoms with Crippen molar-refractivity contribution in [1.29, 1.82) is 5.26 Å². The molecule has 0 unspecified atom stereocenters. The van der Waals surface area contributed by atoms with E-state index in [4.69, 9.17) is 0 Å². The SMILES string of the molecule is N#Cc1c(/N=C/c2c(Br)cc(Br)c(O)c2Br)sc2c1CCCC2. The van der Waals surface area contributed by atoms with Crippen LogP contribution in [-0.4, -0.2) is 11.3 Å². The number of fused-ring (bicyclic) bond motifs is 1. The average Bonchev–Trinajstić information content (AvgIpc) is 2.90. The number of phenols is 1. The minimum atomic E-state index is 0.126. The van der Waals surface area contributed by atoms with Gasteiger partial charge in [-0.25, -0.2) is 4.99 Å². The minimum Gasteiger partial charge on any atom is -0.506 e. The fraction of sp³-hybridized carbons (Fsp3) is 0.250. The van der Waals surface area contributed by atoms with E-state index in [1.165, 1.54) is 16.9 Å². The highest BCUT2D eigenvalue weighted by molar-refractivity contribution is 9.11. The quantitative estimate of drug-likeness (QED) is 0.478. The fourth-order valence-corrected chi connectivity index (χ4v) is 6.10. The van der Waals surface area contributed by atoms with Gasteiger partial charge in [0.05, 0.1) is 14.5 Å². The Morgan fingerprint density at radius 1 is 1.22 bits per heavy atom.